The van der Waals surface area contributed by atoms with E-state index in [4.69, 9.17) is 5.73 Å². The van der Waals surface area contributed by atoms with Crippen molar-refractivity contribution in [3.8, 4) is 0 Å². The number of carbonyl (C=O) groups is 1. The fourth-order valence-corrected chi connectivity index (χ4v) is 3.08. The van der Waals surface area contributed by atoms with E-state index < -0.39 is 0 Å². The summed E-state index contributed by atoms with van der Waals surface area (Å²) in [5.41, 5.74) is 7.01. The molecule has 1 aromatic rings. The van der Waals surface area contributed by atoms with Crippen LogP contribution in [0.2, 0.25) is 0 Å². The summed E-state index contributed by atoms with van der Waals surface area (Å²) in [6, 6.07) is 7.49. The SMILES string of the molecule is CC1CCN(C(CNC(=O)c2ccc(N)cc2)C(C)C)CC1.Cl. The van der Waals surface area contributed by atoms with E-state index in [2.05, 4.69) is 31.0 Å². The van der Waals surface area contributed by atoms with Gasteiger partial charge in [-0.05, 0) is 62.0 Å². The molecule has 0 radical (unpaired) electrons. The Morgan fingerprint density at radius 3 is 2.35 bits per heavy atom. The van der Waals surface area contributed by atoms with Gasteiger partial charge in [0.15, 0.2) is 0 Å². The second-order valence-corrected chi connectivity index (χ2v) is 6.86. The lowest BCUT2D eigenvalue weighted by molar-refractivity contribution is 0.0863. The molecule has 1 atom stereocenters. The Hall–Kier alpha value is -1.26. The molecule has 1 aromatic carbocycles. The van der Waals surface area contributed by atoms with E-state index >= 15 is 0 Å². The average molecular weight is 340 g/mol. The van der Waals surface area contributed by atoms with Crippen LogP contribution in [0, 0.1) is 11.8 Å². The molecular weight excluding hydrogens is 310 g/mol. The molecule has 1 heterocycles. The molecule has 0 aromatic heterocycles. The highest BCUT2D eigenvalue weighted by molar-refractivity contribution is 5.94. The number of hydrogen-bond acceptors (Lipinski definition) is 3. The van der Waals surface area contributed by atoms with Gasteiger partial charge in [-0.25, -0.2) is 0 Å². The number of benzene rings is 1. The summed E-state index contributed by atoms with van der Waals surface area (Å²) in [7, 11) is 0. The van der Waals surface area contributed by atoms with Crippen LogP contribution in [-0.2, 0) is 0 Å². The van der Waals surface area contributed by atoms with Gasteiger partial charge in [0.25, 0.3) is 5.91 Å². The third kappa shape index (κ3) is 5.70. The highest BCUT2D eigenvalue weighted by Gasteiger charge is 2.25. The first-order valence-corrected chi connectivity index (χ1v) is 8.35. The molecule has 1 saturated heterocycles. The number of nitrogen functional groups attached to an aromatic ring is 1. The summed E-state index contributed by atoms with van der Waals surface area (Å²) in [5.74, 6) is 1.34. The van der Waals surface area contributed by atoms with Gasteiger partial charge in [0, 0.05) is 23.8 Å². The molecule has 4 nitrogen and oxygen atoms in total. The third-order valence-electron chi connectivity index (χ3n) is 4.70. The van der Waals surface area contributed by atoms with E-state index in [-0.39, 0.29) is 18.3 Å². The molecule has 0 saturated carbocycles. The Morgan fingerprint density at radius 2 is 1.83 bits per heavy atom. The first-order chi connectivity index (χ1) is 10.5. The van der Waals surface area contributed by atoms with E-state index in [1.54, 1.807) is 24.3 Å². The summed E-state index contributed by atoms with van der Waals surface area (Å²) >= 11 is 0. The smallest absolute Gasteiger partial charge is 0.251 e. The van der Waals surface area contributed by atoms with Crippen LogP contribution in [0.1, 0.15) is 44.0 Å². The van der Waals surface area contributed by atoms with Crippen molar-refractivity contribution >= 4 is 24.0 Å². The van der Waals surface area contributed by atoms with Gasteiger partial charge < -0.3 is 11.1 Å². The number of hydrogen-bond donors (Lipinski definition) is 2. The normalized spacial score (nSPS) is 17.6. The van der Waals surface area contributed by atoms with Crippen molar-refractivity contribution in [2.75, 3.05) is 25.4 Å². The maximum absolute atomic E-state index is 12.2. The average Bonchev–Trinajstić information content (AvgIpc) is 2.49. The summed E-state index contributed by atoms with van der Waals surface area (Å²) < 4.78 is 0. The van der Waals surface area contributed by atoms with Crippen molar-refractivity contribution in [1.29, 1.82) is 0 Å². The molecule has 1 unspecified atom stereocenters. The topological polar surface area (TPSA) is 58.4 Å². The predicted octanol–water partition coefficient (Wildman–Crippen LogP) is 3.18. The fraction of sp³-hybridized carbons (Fsp3) is 0.611. The number of likely N-dealkylation sites (tertiary alicyclic amines) is 1. The van der Waals surface area contributed by atoms with E-state index in [1.807, 2.05) is 0 Å². The molecule has 1 aliphatic heterocycles. The quantitative estimate of drug-likeness (QED) is 0.810. The monoisotopic (exact) mass is 339 g/mol. The van der Waals surface area contributed by atoms with Crippen molar-refractivity contribution in [3.63, 3.8) is 0 Å². The number of nitrogens with zero attached hydrogens (tertiary/aromatic N) is 1. The van der Waals surface area contributed by atoms with Gasteiger partial charge >= 0.3 is 0 Å². The Kier molecular flexibility index (Phi) is 7.86. The molecule has 1 fully saturated rings. The zero-order chi connectivity index (χ0) is 16.1. The number of nitrogens with one attached hydrogen (secondary N) is 1. The summed E-state index contributed by atoms with van der Waals surface area (Å²) in [6.45, 7) is 9.78. The summed E-state index contributed by atoms with van der Waals surface area (Å²) in [5, 5.41) is 3.09. The van der Waals surface area contributed by atoms with Gasteiger partial charge in [0.1, 0.15) is 0 Å². The summed E-state index contributed by atoms with van der Waals surface area (Å²) in [4.78, 5) is 14.8. The largest absolute Gasteiger partial charge is 0.399 e. The highest BCUT2D eigenvalue weighted by Crippen LogP contribution is 2.21. The molecule has 2 rings (SSSR count). The number of rotatable bonds is 5. The Morgan fingerprint density at radius 1 is 1.26 bits per heavy atom. The maximum Gasteiger partial charge on any atom is 0.251 e. The number of carbonyl (C=O) groups excluding carboxylic acids is 1. The van der Waals surface area contributed by atoms with Crippen LogP contribution in [-0.4, -0.2) is 36.5 Å². The molecule has 5 heteroatoms. The van der Waals surface area contributed by atoms with Crippen LogP contribution in [0.25, 0.3) is 0 Å². The van der Waals surface area contributed by atoms with Crippen molar-refractivity contribution in [2.24, 2.45) is 11.8 Å². The molecule has 1 amide bonds. The number of amides is 1. The van der Waals surface area contributed by atoms with Crippen LogP contribution >= 0.6 is 12.4 Å². The minimum absolute atomic E-state index is 0. The molecule has 23 heavy (non-hydrogen) atoms. The van der Waals surface area contributed by atoms with Gasteiger partial charge in [0.2, 0.25) is 0 Å². The fourth-order valence-electron chi connectivity index (χ4n) is 3.08. The highest BCUT2D eigenvalue weighted by atomic mass is 35.5. The van der Waals surface area contributed by atoms with Crippen LogP contribution in [0.5, 0.6) is 0 Å². The first kappa shape index (κ1) is 19.8. The minimum atomic E-state index is -0.0176. The molecule has 3 N–H and O–H groups in total. The van der Waals surface area contributed by atoms with Crippen LogP contribution in [0.3, 0.4) is 0 Å². The molecule has 130 valence electrons. The van der Waals surface area contributed by atoms with Gasteiger partial charge in [-0.3, -0.25) is 9.69 Å². The predicted molar refractivity (Wildman–Crippen MR) is 99.0 cm³/mol. The molecule has 1 aliphatic rings. The van der Waals surface area contributed by atoms with Gasteiger partial charge in [-0.2, -0.15) is 0 Å². The summed E-state index contributed by atoms with van der Waals surface area (Å²) in [6.07, 6.45) is 2.52. The first-order valence-electron chi connectivity index (χ1n) is 8.35. The van der Waals surface area contributed by atoms with E-state index in [1.165, 1.54) is 12.8 Å². The van der Waals surface area contributed by atoms with E-state index in [0.29, 0.717) is 29.8 Å². The number of piperidine rings is 1. The maximum atomic E-state index is 12.2. The standard InChI is InChI=1S/C18H29N3O.ClH/c1-13(2)17(21-10-8-14(3)9-11-21)12-20-18(22)15-4-6-16(19)7-5-15;/h4-7,13-14,17H,8-12,19H2,1-3H3,(H,20,22);1H. The second-order valence-electron chi connectivity index (χ2n) is 6.86. The Bertz CT molecular complexity index is 482. The van der Waals surface area contributed by atoms with Gasteiger partial charge in [-0.1, -0.05) is 20.8 Å². The van der Waals surface area contributed by atoms with Crippen molar-refractivity contribution in [1.82, 2.24) is 10.2 Å². The van der Waals surface area contributed by atoms with Gasteiger partial charge in [0.05, 0.1) is 0 Å². The van der Waals surface area contributed by atoms with E-state index in [0.717, 1.165) is 19.0 Å². The lowest BCUT2D eigenvalue weighted by Gasteiger charge is -2.38. The lowest BCUT2D eigenvalue weighted by Crippen LogP contribution is -2.49. The van der Waals surface area contributed by atoms with E-state index in [9.17, 15) is 4.79 Å². The number of halogens is 1. The number of nitrogens with two attached hydrogens (primary N) is 1. The molecular formula is C18H30ClN3O. The molecule has 0 aliphatic carbocycles. The van der Waals surface area contributed by atoms with Crippen molar-refractivity contribution in [2.45, 2.75) is 39.7 Å². The number of anilines is 1. The van der Waals surface area contributed by atoms with Crippen molar-refractivity contribution in [3.05, 3.63) is 29.8 Å². The minimum Gasteiger partial charge on any atom is -0.399 e. The zero-order valence-corrected chi connectivity index (χ0v) is 15.2. The Balaban J connectivity index is 0.00000264. The van der Waals surface area contributed by atoms with Gasteiger partial charge in [-0.15, -0.1) is 12.4 Å². The zero-order valence-electron chi connectivity index (χ0n) is 14.4. The molecule has 0 bridgehead atoms. The lowest BCUT2D eigenvalue weighted by atomic mass is 9.94. The third-order valence-corrected chi connectivity index (χ3v) is 4.70. The van der Waals surface area contributed by atoms with Crippen LogP contribution in [0.15, 0.2) is 24.3 Å². The van der Waals surface area contributed by atoms with Crippen LogP contribution in [0.4, 0.5) is 5.69 Å². The van der Waals surface area contributed by atoms with Crippen molar-refractivity contribution < 1.29 is 4.79 Å². The molecule has 0 spiro atoms. The van der Waals surface area contributed by atoms with Crippen LogP contribution < -0.4 is 11.1 Å². The Labute approximate surface area is 146 Å². The second kappa shape index (κ2) is 9.14.